The Morgan fingerprint density at radius 3 is 2.27 bits per heavy atom. The Morgan fingerprint density at radius 1 is 1.03 bits per heavy atom. The number of hydrogen-bond acceptors (Lipinski definition) is 8. The van der Waals surface area contributed by atoms with E-state index < -0.39 is 17.1 Å². The van der Waals surface area contributed by atoms with E-state index in [-0.39, 0.29) is 33.9 Å². The molecule has 3 aromatic rings. The van der Waals surface area contributed by atoms with E-state index in [0.717, 1.165) is 15.8 Å². The Hall–Kier alpha value is -2.76. The van der Waals surface area contributed by atoms with Crippen molar-refractivity contribution in [3.8, 4) is 17.2 Å². The minimum absolute atomic E-state index is 0.168. The molecule has 2 aliphatic heterocycles. The number of amides is 2. The largest absolute Gasteiger partial charge is 0.502 e. The van der Waals surface area contributed by atoms with Crippen molar-refractivity contribution in [3.05, 3.63) is 61.0 Å². The monoisotopic (exact) mass is 548 g/mol. The van der Waals surface area contributed by atoms with Crippen molar-refractivity contribution in [2.45, 2.75) is 16.2 Å². The summed E-state index contributed by atoms with van der Waals surface area (Å²) in [5, 5.41) is 10.2. The number of phenols is 1. The number of halogens is 1. The van der Waals surface area contributed by atoms with E-state index in [2.05, 4.69) is 20.9 Å². The lowest BCUT2D eigenvalue weighted by molar-refractivity contribution is -0.122. The van der Waals surface area contributed by atoms with Gasteiger partial charge < -0.3 is 19.6 Å². The molecule has 0 aliphatic carbocycles. The van der Waals surface area contributed by atoms with Crippen molar-refractivity contribution in [1.82, 2.24) is 4.98 Å². The second-order valence-corrected chi connectivity index (χ2v) is 10.6. The first-order valence-electron chi connectivity index (χ1n) is 9.82. The Kier molecular flexibility index (Phi) is 5.50. The van der Waals surface area contributed by atoms with E-state index in [1.54, 1.807) is 36.4 Å². The van der Waals surface area contributed by atoms with E-state index in [1.165, 1.54) is 30.9 Å². The van der Waals surface area contributed by atoms with Gasteiger partial charge in [0.05, 0.1) is 30.9 Å². The summed E-state index contributed by atoms with van der Waals surface area (Å²) in [7, 11) is 2.83. The Bertz CT molecular complexity index is 1310. The number of benzene rings is 2. The fourth-order valence-corrected chi connectivity index (χ4v) is 7.09. The fourth-order valence-electron chi connectivity index (χ4n) is 4.31. The number of hydrogen-bond donors (Lipinski definition) is 2. The minimum Gasteiger partial charge on any atom is -0.502 e. The molecule has 1 fully saturated rings. The highest BCUT2D eigenvalue weighted by atomic mass is 79.9. The van der Waals surface area contributed by atoms with Gasteiger partial charge in [-0.15, -0.1) is 0 Å². The number of carbonyl (C=O) groups excluding carboxylic acids is 2. The highest BCUT2D eigenvalue weighted by molar-refractivity contribution is 9.10. The molecule has 2 aromatic carbocycles. The predicted octanol–water partition coefficient (Wildman–Crippen LogP) is 3.72. The lowest BCUT2D eigenvalue weighted by Gasteiger charge is -2.30. The van der Waals surface area contributed by atoms with Crippen LogP contribution in [0.5, 0.6) is 17.2 Å². The van der Waals surface area contributed by atoms with Gasteiger partial charge >= 0.3 is 4.87 Å². The second kappa shape index (κ2) is 8.23. The first kappa shape index (κ1) is 22.1. The van der Waals surface area contributed by atoms with Crippen molar-refractivity contribution in [1.29, 1.82) is 0 Å². The molecular formula is C22H17BrN2O6S2. The molecule has 2 N–H and O–H groups in total. The average molecular weight is 549 g/mol. The molecule has 3 atom stereocenters. The molecule has 3 heterocycles. The summed E-state index contributed by atoms with van der Waals surface area (Å²) < 4.78 is 11.4. The van der Waals surface area contributed by atoms with Crippen LogP contribution in [0.25, 0.3) is 0 Å². The number of rotatable bonds is 4. The molecule has 170 valence electrons. The summed E-state index contributed by atoms with van der Waals surface area (Å²) in [5.74, 6) is -1.85. The van der Waals surface area contributed by atoms with Gasteiger partial charge in [0.15, 0.2) is 11.5 Å². The van der Waals surface area contributed by atoms with Crippen LogP contribution >= 0.6 is 39.0 Å². The average Bonchev–Trinajstić information content (AvgIpc) is 3.29. The molecule has 2 amide bonds. The quantitative estimate of drug-likeness (QED) is 0.478. The number of thioether (sulfide) groups is 1. The molecular weight excluding hydrogens is 532 g/mol. The van der Waals surface area contributed by atoms with Gasteiger partial charge in [-0.3, -0.25) is 14.4 Å². The number of imide groups is 1. The molecule has 1 aromatic heterocycles. The molecule has 0 bridgehead atoms. The topological polar surface area (TPSA) is 109 Å². The van der Waals surface area contributed by atoms with Crippen LogP contribution in [0.15, 0.2) is 50.7 Å². The number of fused-ring (bicyclic) bond motifs is 2. The maximum absolute atomic E-state index is 13.7. The van der Waals surface area contributed by atoms with Crippen LogP contribution in [-0.4, -0.2) is 41.4 Å². The zero-order chi connectivity index (χ0) is 23.4. The van der Waals surface area contributed by atoms with Crippen LogP contribution in [-0.2, 0) is 9.59 Å². The minimum atomic E-state index is -0.746. The van der Waals surface area contributed by atoms with Crippen LogP contribution in [0.1, 0.15) is 16.4 Å². The maximum atomic E-state index is 13.7. The molecule has 0 unspecified atom stereocenters. The number of H-pyrrole nitrogens is 1. The Balaban J connectivity index is 1.68. The van der Waals surface area contributed by atoms with Gasteiger partial charge in [0.1, 0.15) is 5.25 Å². The zero-order valence-corrected chi connectivity index (χ0v) is 20.5. The summed E-state index contributed by atoms with van der Waals surface area (Å²) in [6.07, 6.45) is 0. The number of ether oxygens (including phenoxy) is 2. The molecule has 0 spiro atoms. The summed E-state index contributed by atoms with van der Waals surface area (Å²) >= 11 is 5.59. The normalized spacial score (nSPS) is 21.7. The molecule has 0 radical (unpaired) electrons. The zero-order valence-electron chi connectivity index (χ0n) is 17.3. The highest BCUT2D eigenvalue weighted by Gasteiger charge is 2.56. The molecule has 5 rings (SSSR count). The molecule has 2 aliphatic rings. The highest BCUT2D eigenvalue weighted by Crippen LogP contribution is 2.54. The summed E-state index contributed by atoms with van der Waals surface area (Å²) in [6, 6.07) is 10.2. The van der Waals surface area contributed by atoms with Gasteiger partial charge in [0.25, 0.3) is 0 Å². The van der Waals surface area contributed by atoms with Crippen molar-refractivity contribution in [2.24, 2.45) is 5.92 Å². The van der Waals surface area contributed by atoms with Crippen LogP contribution in [0.2, 0.25) is 0 Å². The number of aromatic amines is 1. The number of aromatic hydroxyl groups is 1. The lowest BCUT2D eigenvalue weighted by atomic mass is 9.83. The number of methoxy groups -OCH3 is 2. The Morgan fingerprint density at radius 2 is 1.67 bits per heavy atom. The standard InChI is InChI=1S/C22H17BrN2O6S2/c1-30-12-7-9(8-13(31-2)16(12)26)14-15-18(32-19-17(14)33-22(29)24-19)21(28)25(20(15)27)11-5-3-10(23)4-6-11/h3-8,14-15,18,26H,1-2H3,(H,24,29)/t14-,15-,18+/m0/s1. The van der Waals surface area contributed by atoms with E-state index in [4.69, 9.17) is 9.47 Å². The van der Waals surface area contributed by atoms with Crippen LogP contribution < -0.4 is 19.2 Å². The fraction of sp³-hybridized carbons (Fsp3) is 0.227. The number of nitrogens with zero attached hydrogens (tertiary/aromatic N) is 1. The van der Waals surface area contributed by atoms with Gasteiger partial charge in [0, 0.05) is 15.3 Å². The van der Waals surface area contributed by atoms with Gasteiger partial charge in [-0.1, -0.05) is 39.0 Å². The lowest BCUT2D eigenvalue weighted by Crippen LogP contribution is -2.32. The van der Waals surface area contributed by atoms with Crippen LogP contribution in [0, 0.1) is 5.92 Å². The van der Waals surface area contributed by atoms with Crippen molar-refractivity contribution in [3.63, 3.8) is 0 Å². The van der Waals surface area contributed by atoms with Gasteiger partial charge in [-0.05, 0) is 42.0 Å². The maximum Gasteiger partial charge on any atom is 0.305 e. The SMILES string of the molecule is COc1cc([C@@H]2c3sc(=O)[nH]c3S[C@H]3C(=O)N(c4ccc(Br)cc4)C(=O)[C@@H]23)cc(OC)c1O. The van der Waals surface area contributed by atoms with Gasteiger partial charge in [-0.25, -0.2) is 4.90 Å². The van der Waals surface area contributed by atoms with E-state index in [1.807, 2.05) is 0 Å². The van der Waals surface area contributed by atoms with Gasteiger partial charge in [0.2, 0.25) is 17.6 Å². The first-order chi connectivity index (χ1) is 15.8. The third-order valence-corrected chi connectivity index (χ3v) is 8.70. The third-order valence-electron chi connectivity index (χ3n) is 5.77. The number of aromatic nitrogens is 1. The number of anilines is 1. The smallest absolute Gasteiger partial charge is 0.305 e. The number of thiazole rings is 1. The summed E-state index contributed by atoms with van der Waals surface area (Å²) in [5.41, 5.74) is 1.09. The number of carbonyl (C=O) groups is 2. The number of nitrogens with one attached hydrogen (secondary N) is 1. The van der Waals surface area contributed by atoms with E-state index >= 15 is 0 Å². The molecule has 33 heavy (non-hydrogen) atoms. The molecule has 11 heteroatoms. The third kappa shape index (κ3) is 3.46. The Labute approximate surface area is 204 Å². The molecule has 0 saturated carbocycles. The van der Waals surface area contributed by atoms with Crippen molar-refractivity contribution >= 4 is 56.5 Å². The summed E-state index contributed by atoms with van der Waals surface area (Å²) in [6.45, 7) is 0. The summed E-state index contributed by atoms with van der Waals surface area (Å²) in [4.78, 5) is 43.7. The predicted molar refractivity (Wildman–Crippen MR) is 128 cm³/mol. The van der Waals surface area contributed by atoms with Crippen molar-refractivity contribution in [2.75, 3.05) is 19.1 Å². The van der Waals surface area contributed by atoms with Crippen LogP contribution in [0.3, 0.4) is 0 Å². The second-order valence-electron chi connectivity index (χ2n) is 7.51. The molecule has 1 saturated heterocycles. The van der Waals surface area contributed by atoms with E-state index in [9.17, 15) is 19.5 Å². The molecule has 8 nitrogen and oxygen atoms in total. The number of phenolic OH excluding ortho intramolecular Hbond substituents is 1. The van der Waals surface area contributed by atoms with Gasteiger partial charge in [-0.2, -0.15) is 0 Å². The van der Waals surface area contributed by atoms with E-state index in [0.29, 0.717) is 21.2 Å². The van der Waals surface area contributed by atoms with Crippen LogP contribution in [0.4, 0.5) is 5.69 Å². The first-order valence-corrected chi connectivity index (χ1v) is 12.3. The van der Waals surface area contributed by atoms with Crippen molar-refractivity contribution < 1.29 is 24.2 Å².